The summed E-state index contributed by atoms with van der Waals surface area (Å²) in [6.07, 6.45) is 1.75. The molecule has 5 rings (SSSR count). The lowest BCUT2D eigenvalue weighted by Gasteiger charge is -2.29. The Morgan fingerprint density at radius 1 is 1.07 bits per heavy atom. The average molecular weight is 430 g/mol. The SMILES string of the molecule is Cc1ccc2nccc(C(=O)N3C[C@@H]4CNC[C@@H]4[C@H]3c3ccccc3)c2c1.Cl.Cl. The normalized spacial score (nSPS) is 22.7. The van der Waals surface area contributed by atoms with Crippen LogP contribution < -0.4 is 5.32 Å². The number of rotatable bonds is 2. The predicted octanol–water partition coefficient (Wildman–Crippen LogP) is 4.42. The standard InChI is InChI=1S/C23H23N3O.2ClH/c1-15-7-8-21-19(11-15)18(9-10-25-21)23(27)26-14-17-12-24-13-20(17)22(26)16-5-3-2-4-6-16;;/h2-11,17,20,22,24H,12-14H2,1H3;2*1H/t17-,20-,22+;;/m0../s1. The fourth-order valence-corrected chi connectivity index (χ4v) is 4.81. The quantitative estimate of drug-likeness (QED) is 0.655. The summed E-state index contributed by atoms with van der Waals surface area (Å²) < 4.78 is 0. The number of nitrogens with one attached hydrogen (secondary N) is 1. The summed E-state index contributed by atoms with van der Waals surface area (Å²) >= 11 is 0. The van der Waals surface area contributed by atoms with Gasteiger partial charge in [0.15, 0.2) is 0 Å². The number of hydrogen-bond acceptors (Lipinski definition) is 3. The first-order valence-electron chi connectivity index (χ1n) is 9.64. The first kappa shape index (κ1) is 21.6. The third kappa shape index (κ3) is 3.73. The zero-order valence-corrected chi connectivity index (χ0v) is 17.9. The lowest BCUT2D eigenvalue weighted by atomic mass is 9.89. The van der Waals surface area contributed by atoms with E-state index in [2.05, 4.69) is 52.5 Å². The van der Waals surface area contributed by atoms with Gasteiger partial charge in [-0.15, -0.1) is 24.8 Å². The van der Waals surface area contributed by atoms with Crippen LogP contribution in [0.25, 0.3) is 10.9 Å². The number of halogens is 2. The van der Waals surface area contributed by atoms with Gasteiger partial charge in [-0.1, -0.05) is 42.0 Å². The highest BCUT2D eigenvalue weighted by molar-refractivity contribution is 6.06. The predicted molar refractivity (Wildman–Crippen MR) is 121 cm³/mol. The minimum Gasteiger partial charge on any atom is -0.331 e. The van der Waals surface area contributed by atoms with Crippen LogP contribution in [0, 0.1) is 18.8 Å². The van der Waals surface area contributed by atoms with Gasteiger partial charge < -0.3 is 10.2 Å². The van der Waals surface area contributed by atoms with Crippen LogP contribution in [0.15, 0.2) is 60.8 Å². The molecule has 0 aliphatic carbocycles. The van der Waals surface area contributed by atoms with E-state index < -0.39 is 0 Å². The van der Waals surface area contributed by atoms with Gasteiger partial charge in [0.2, 0.25) is 0 Å². The fraction of sp³-hybridized carbons (Fsp3) is 0.304. The molecule has 2 aliphatic rings. The summed E-state index contributed by atoms with van der Waals surface area (Å²) in [5, 5.41) is 4.46. The van der Waals surface area contributed by atoms with Gasteiger partial charge in [-0.3, -0.25) is 9.78 Å². The summed E-state index contributed by atoms with van der Waals surface area (Å²) in [5.74, 6) is 1.12. The van der Waals surface area contributed by atoms with E-state index in [4.69, 9.17) is 0 Å². The molecule has 3 heterocycles. The van der Waals surface area contributed by atoms with Crippen molar-refractivity contribution in [3.63, 3.8) is 0 Å². The Kier molecular flexibility index (Phi) is 6.47. The summed E-state index contributed by atoms with van der Waals surface area (Å²) in [5.41, 5.74) is 4.02. The number of likely N-dealkylation sites (tertiary alicyclic amines) is 1. The number of pyridine rings is 1. The molecule has 3 atom stereocenters. The second kappa shape index (κ2) is 8.70. The summed E-state index contributed by atoms with van der Waals surface area (Å²) in [6.45, 7) is 4.84. The van der Waals surface area contributed by atoms with E-state index in [1.807, 2.05) is 24.3 Å². The molecule has 1 N–H and O–H groups in total. The van der Waals surface area contributed by atoms with Crippen LogP contribution in [-0.2, 0) is 0 Å². The minimum atomic E-state index is 0. The molecule has 29 heavy (non-hydrogen) atoms. The Balaban J connectivity index is 0.00000120. The molecular formula is C23H25Cl2N3O. The Bertz CT molecular complexity index is 1010. The van der Waals surface area contributed by atoms with Gasteiger partial charge >= 0.3 is 0 Å². The Labute approximate surface area is 183 Å². The van der Waals surface area contributed by atoms with E-state index in [0.717, 1.165) is 41.7 Å². The third-order valence-corrected chi connectivity index (χ3v) is 6.09. The Morgan fingerprint density at radius 3 is 2.66 bits per heavy atom. The van der Waals surface area contributed by atoms with Gasteiger partial charge in [0.05, 0.1) is 17.1 Å². The number of benzene rings is 2. The molecule has 1 amide bonds. The van der Waals surface area contributed by atoms with Crippen LogP contribution in [0.2, 0.25) is 0 Å². The minimum absolute atomic E-state index is 0. The van der Waals surface area contributed by atoms with Crippen molar-refractivity contribution in [3.05, 3.63) is 77.5 Å². The molecule has 152 valence electrons. The number of hydrogen-bond donors (Lipinski definition) is 1. The van der Waals surface area contributed by atoms with E-state index in [1.54, 1.807) is 6.20 Å². The number of carbonyl (C=O) groups excluding carboxylic acids is 1. The molecular weight excluding hydrogens is 405 g/mol. The van der Waals surface area contributed by atoms with Crippen molar-refractivity contribution in [2.24, 2.45) is 11.8 Å². The molecule has 2 saturated heterocycles. The molecule has 0 saturated carbocycles. The molecule has 3 aromatic rings. The van der Waals surface area contributed by atoms with Crippen molar-refractivity contribution in [1.82, 2.24) is 15.2 Å². The van der Waals surface area contributed by atoms with Crippen LogP contribution in [0.1, 0.15) is 27.5 Å². The van der Waals surface area contributed by atoms with Crippen molar-refractivity contribution in [1.29, 1.82) is 0 Å². The van der Waals surface area contributed by atoms with E-state index >= 15 is 0 Å². The highest BCUT2D eigenvalue weighted by Gasteiger charge is 2.46. The van der Waals surface area contributed by atoms with Gasteiger partial charge in [0, 0.05) is 37.1 Å². The topological polar surface area (TPSA) is 45.2 Å². The van der Waals surface area contributed by atoms with Crippen LogP contribution >= 0.6 is 24.8 Å². The molecule has 2 aromatic carbocycles. The highest BCUT2D eigenvalue weighted by atomic mass is 35.5. The second-order valence-electron chi connectivity index (χ2n) is 7.77. The number of amides is 1. The van der Waals surface area contributed by atoms with Crippen LogP contribution in [-0.4, -0.2) is 35.4 Å². The Morgan fingerprint density at radius 2 is 1.86 bits per heavy atom. The molecule has 0 radical (unpaired) electrons. The number of aromatic nitrogens is 1. The average Bonchev–Trinajstić information content (AvgIpc) is 3.28. The van der Waals surface area contributed by atoms with Gasteiger partial charge in [-0.25, -0.2) is 0 Å². The molecule has 6 heteroatoms. The maximum absolute atomic E-state index is 13.7. The highest BCUT2D eigenvalue weighted by Crippen LogP contribution is 2.43. The van der Waals surface area contributed by atoms with Crippen molar-refractivity contribution >= 4 is 41.6 Å². The summed E-state index contributed by atoms with van der Waals surface area (Å²) in [7, 11) is 0. The number of fused-ring (bicyclic) bond motifs is 2. The van der Waals surface area contributed by atoms with Crippen molar-refractivity contribution in [2.45, 2.75) is 13.0 Å². The van der Waals surface area contributed by atoms with E-state index in [9.17, 15) is 4.79 Å². The smallest absolute Gasteiger partial charge is 0.255 e. The maximum atomic E-state index is 13.7. The fourth-order valence-electron chi connectivity index (χ4n) is 4.81. The first-order valence-corrected chi connectivity index (χ1v) is 9.64. The van der Waals surface area contributed by atoms with Gasteiger partial charge in [0.25, 0.3) is 5.91 Å². The van der Waals surface area contributed by atoms with Gasteiger partial charge in [-0.2, -0.15) is 0 Å². The summed E-state index contributed by atoms with van der Waals surface area (Å²) in [4.78, 5) is 20.2. The molecule has 1 aromatic heterocycles. The van der Waals surface area contributed by atoms with Gasteiger partial charge in [-0.05, 0) is 36.6 Å². The first-order chi connectivity index (χ1) is 13.2. The second-order valence-corrected chi connectivity index (χ2v) is 7.77. The lowest BCUT2D eigenvalue weighted by Crippen LogP contribution is -2.34. The van der Waals surface area contributed by atoms with E-state index in [-0.39, 0.29) is 36.8 Å². The summed E-state index contributed by atoms with van der Waals surface area (Å²) in [6, 6.07) is 18.6. The molecule has 0 unspecified atom stereocenters. The maximum Gasteiger partial charge on any atom is 0.255 e. The lowest BCUT2D eigenvalue weighted by molar-refractivity contribution is 0.0716. The van der Waals surface area contributed by atoms with Crippen molar-refractivity contribution < 1.29 is 4.79 Å². The number of nitrogens with zero attached hydrogens (tertiary/aromatic N) is 2. The third-order valence-electron chi connectivity index (χ3n) is 6.09. The zero-order valence-electron chi connectivity index (χ0n) is 16.2. The molecule has 4 nitrogen and oxygen atoms in total. The van der Waals surface area contributed by atoms with E-state index in [0.29, 0.717) is 11.8 Å². The molecule has 2 aliphatic heterocycles. The van der Waals surface area contributed by atoms with Crippen LogP contribution in [0.4, 0.5) is 0 Å². The van der Waals surface area contributed by atoms with Gasteiger partial charge in [0.1, 0.15) is 0 Å². The number of aryl methyl sites for hydroxylation is 1. The van der Waals surface area contributed by atoms with E-state index in [1.165, 1.54) is 5.56 Å². The van der Waals surface area contributed by atoms with Crippen LogP contribution in [0.3, 0.4) is 0 Å². The molecule has 0 spiro atoms. The molecule has 2 fully saturated rings. The van der Waals surface area contributed by atoms with Crippen molar-refractivity contribution in [2.75, 3.05) is 19.6 Å². The number of carbonyl (C=O) groups is 1. The van der Waals surface area contributed by atoms with Crippen molar-refractivity contribution in [3.8, 4) is 0 Å². The largest absolute Gasteiger partial charge is 0.331 e. The monoisotopic (exact) mass is 429 g/mol. The zero-order chi connectivity index (χ0) is 18.4. The van der Waals surface area contributed by atoms with Crippen LogP contribution in [0.5, 0.6) is 0 Å². The Hall–Kier alpha value is -2.14. The molecule has 0 bridgehead atoms.